The van der Waals surface area contributed by atoms with Crippen molar-refractivity contribution < 1.29 is 28.0 Å². The first kappa shape index (κ1) is 25.3. The Bertz CT molecular complexity index is 959. The average Bonchev–Trinajstić information content (AvgIpc) is 3.22. The molecular formula is C26H34BFO5. The molecule has 0 amide bonds. The van der Waals surface area contributed by atoms with E-state index in [1.807, 2.05) is 33.8 Å². The van der Waals surface area contributed by atoms with E-state index in [1.54, 1.807) is 19.1 Å². The van der Waals surface area contributed by atoms with Gasteiger partial charge in [0, 0.05) is 5.56 Å². The van der Waals surface area contributed by atoms with Crippen LogP contribution in [0.1, 0.15) is 58.2 Å². The fourth-order valence-corrected chi connectivity index (χ4v) is 3.96. The molecular weight excluding hydrogens is 422 g/mol. The van der Waals surface area contributed by atoms with E-state index < -0.39 is 18.3 Å². The van der Waals surface area contributed by atoms with Crippen LogP contribution >= 0.6 is 0 Å². The third kappa shape index (κ3) is 5.95. The van der Waals surface area contributed by atoms with E-state index in [4.69, 9.17) is 14.0 Å². The summed E-state index contributed by atoms with van der Waals surface area (Å²) in [7, 11) is -0.508. The number of halogens is 1. The van der Waals surface area contributed by atoms with Crippen LogP contribution in [0.3, 0.4) is 0 Å². The minimum absolute atomic E-state index is 0.174. The number of rotatable bonds is 6. The molecule has 2 aromatic carbocycles. The van der Waals surface area contributed by atoms with E-state index >= 15 is 0 Å². The molecule has 2 aliphatic rings. The Labute approximate surface area is 196 Å². The second-order valence-electron chi connectivity index (χ2n) is 9.72. The van der Waals surface area contributed by atoms with Crippen LogP contribution in [0.15, 0.2) is 36.4 Å². The smallest absolute Gasteiger partial charge is 0.489 e. The molecule has 2 aromatic rings. The summed E-state index contributed by atoms with van der Waals surface area (Å²) in [4.78, 5) is 9.18. The maximum Gasteiger partial charge on any atom is 0.494 e. The Morgan fingerprint density at radius 1 is 1.06 bits per heavy atom. The lowest BCUT2D eigenvalue weighted by molar-refractivity contribution is -0.128. The highest BCUT2D eigenvalue weighted by Crippen LogP contribution is 2.36. The van der Waals surface area contributed by atoms with Gasteiger partial charge in [-0.15, -0.1) is 0 Å². The molecule has 178 valence electrons. The fraction of sp³-hybridized carbons (Fsp3) is 0.500. The lowest BCUT2D eigenvalue weighted by Crippen LogP contribution is -2.41. The van der Waals surface area contributed by atoms with Crippen LogP contribution in [-0.2, 0) is 38.3 Å². The van der Waals surface area contributed by atoms with Crippen LogP contribution < -0.4 is 10.2 Å². The molecule has 5 nitrogen and oxygen atoms in total. The fourth-order valence-electron chi connectivity index (χ4n) is 3.96. The summed E-state index contributed by atoms with van der Waals surface area (Å²) in [6, 6.07) is 11.2. The molecule has 0 saturated carbocycles. The zero-order chi connectivity index (χ0) is 24.2. The van der Waals surface area contributed by atoms with Gasteiger partial charge in [-0.2, -0.15) is 0 Å². The van der Waals surface area contributed by atoms with E-state index in [2.05, 4.69) is 23.8 Å². The van der Waals surface area contributed by atoms with Gasteiger partial charge in [0.05, 0.1) is 17.8 Å². The topological polar surface area (TPSA) is 54.0 Å². The molecule has 4 rings (SSSR count). The second kappa shape index (κ2) is 10.3. The van der Waals surface area contributed by atoms with Gasteiger partial charge in [0.2, 0.25) is 0 Å². The van der Waals surface area contributed by atoms with Crippen LogP contribution in [-0.4, -0.2) is 31.4 Å². The van der Waals surface area contributed by atoms with Gasteiger partial charge in [-0.1, -0.05) is 25.1 Å². The van der Waals surface area contributed by atoms with E-state index in [-0.39, 0.29) is 12.4 Å². The summed E-state index contributed by atoms with van der Waals surface area (Å²) in [6.45, 7) is 13.1. The van der Waals surface area contributed by atoms with Crippen molar-refractivity contribution in [1.29, 1.82) is 0 Å². The van der Waals surface area contributed by atoms with Gasteiger partial charge in [-0.25, -0.2) is 4.39 Å². The van der Waals surface area contributed by atoms with Crippen molar-refractivity contribution in [2.45, 2.75) is 72.2 Å². The van der Waals surface area contributed by atoms with Crippen molar-refractivity contribution in [3.8, 4) is 5.75 Å². The molecule has 33 heavy (non-hydrogen) atoms. The third-order valence-electron chi connectivity index (χ3n) is 6.54. The largest absolute Gasteiger partial charge is 0.494 e. The van der Waals surface area contributed by atoms with Crippen molar-refractivity contribution >= 4 is 19.1 Å². The van der Waals surface area contributed by atoms with Crippen LogP contribution in [0, 0.1) is 11.7 Å². The highest BCUT2D eigenvalue weighted by atomic mass is 19.1. The summed E-state index contributed by atoms with van der Waals surface area (Å²) in [5.41, 5.74) is 3.20. The summed E-state index contributed by atoms with van der Waals surface area (Å²) in [5, 5.41) is 0. The molecule has 0 N–H and O–H groups in total. The highest BCUT2D eigenvalue weighted by molar-refractivity contribution is 6.62. The molecule has 1 heterocycles. The summed E-state index contributed by atoms with van der Waals surface area (Å²) < 4.78 is 36.6. The van der Waals surface area contributed by atoms with Crippen molar-refractivity contribution in [2.75, 3.05) is 6.61 Å². The maximum atomic E-state index is 14.4. The second-order valence-corrected chi connectivity index (χ2v) is 9.72. The first-order valence-electron chi connectivity index (χ1n) is 11.5. The van der Waals surface area contributed by atoms with Crippen LogP contribution in [0.25, 0.3) is 0 Å². The van der Waals surface area contributed by atoms with Crippen molar-refractivity contribution in [3.63, 3.8) is 0 Å². The molecule has 1 aliphatic heterocycles. The Hall–Kier alpha value is -2.38. The molecule has 1 aliphatic carbocycles. The molecule has 1 fully saturated rings. The molecule has 0 spiro atoms. The van der Waals surface area contributed by atoms with Crippen LogP contribution in [0.2, 0.25) is 0 Å². The first-order chi connectivity index (χ1) is 15.6. The minimum atomic E-state index is -0.508. The zero-order valence-corrected chi connectivity index (χ0v) is 20.4. The van der Waals surface area contributed by atoms with Gasteiger partial charge in [0.1, 0.15) is 18.2 Å². The van der Waals surface area contributed by atoms with Crippen molar-refractivity contribution in [1.82, 2.24) is 0 Å². The molecule has 0 radical (unpaired) electrons. The van der Waals surface area contributed by atoms with E-state index in [1.165, 1.54) is 17.2 Å². The minimum Gasteiger partial charge on any atom is -0.489 e. The Morgan fingerprint density at radius 2 is 1.73 bits per heavy atom. The maximum absolute atomic E-state index is 14.4. The number of benzene rings is 2. The van der Waals surface area contributed by atoms with E-state index in [0.29, 0.717) is 24.6 Å². The summed E-state index contributed by atoms with van der Waals surface area (Å²) in [6.07, 6.45) is 2.21. The molecule has 1 atom stereocenters. The predicted octanol–water partition coefficient (Wildman–Crippen LogP) is 4.62. The molecule has 0 unspecified atom stereocenters. The highest BCUT2D eigenvalue weighted by Gasteiger charge is 2.51. The molecule has 7 heteroatoms. The summed E-state index contributed by atoms with van der Waals surface area (Å²) in [5.74, 6) is 1.18. The average molecular weight is 456 g/mol. The van der Waals surface area contributed by atoms with Gasteiger partial charge < -0.3 is 18.8 Å². The van der Waals surface area contributed by atoms with Crippen molar-refractivity contribution in [2.24, 2.45) is 5.92 Å². The number of carbonyl (C=O) groups is 1. The number of ether oxygens (including phenoxy) is 2. The Balaban J connectivity index is 0.000000555. The van der Waals surface area contributed by atoms with Gasteiger partial charge >= 0.3 is 7.12 Å². The zero-order valence-electron chi connectivity index (χ0n) is 20.4. The number of carbonyl (C=O) groups excluding carboxylic acids is 1. The standard InChI is InChI=1S/C23H28BFO3.C3H6O2/c1-15-10-16-6-8-20(13-17(16)11-15)26-14-18-12-19(7-9-21(18)25)24-27-22(2,3)23(4,5)28-24;1-2-5-3-4/h6-9,12-13,15H,10-11,14H2,1-5H3;3H,2H2,1H3/t15-;/m1./s1. The van der Waals surface area contributed by atoms with E-state index in [0.717, 1.165) is 24.1 Å². The number of hydrogen-bond donors (Lipinski definition) is 0. The Kier molecular flexibility index (Phi) is 7.86. The predicted molar refractivity (Wildman–Crippen MR) is 127 cm³/mol. The lowest BCUT2D eigenvalue weighted by atomic mass is 9.78. The third-order valence-corrected chi connectivity index (χ3v) is 6.54. The van der Waals surface area contributed by atoms with Gasteiger partial charge in [-0.05, 0) is 88.2 Å². The summed E-state index contributed by atoms with van der Waals surface area (Å²) >= 11 is 0. The van der Waals surface area contributed by atoms with Crippen molar-refractivity contribution in [3.05, 3.63) is 58.9 Å². The molecule has 0 aromatic heterocycles. The lowest BCUT2D eigenvalue weighted by Gasteiger charge is -2.32. The number of fused-ring (bicyclic) bond motifs is 1. The molecule has 1 saturated heterocycles. The number of hydrogen-bond acceptors (Lipinski definition) is 5. The monoisotopic (exact) mass is 456 g/mol. The first-order valence-corrected chi connectivity index (χ1v) is 11.5. The van der Waals surface area contributed by atoms with Crippen LogP contribution in [0.4, 0.5) is 4.39 Å². The van der Waals surface area contributed by atoms with Gasteiger partial charge in [-0.3, -0.25) is 4.79 Å². The van der Waals surface area contributed by atoms with Gasteiger partial charge in [0.15, 0.2) is 0 Å². The molecule has 0 bridgehead atoms. The normalized spacial score (nSPS) is 20.0. The quantitative estimate of drug-likeness (QED) is 0.469. The van der Waals surface area contributed by atoms with E-state index in [9.17, 15) is 9.18 Å². The van der Waals surface area contributed by atoms with Gasteiger partial charge in [0.25, 0.3) is 6.47 Å². The Morgan fingerprint density at radius 3 is 2.33 bits per heavy atom. The SMILES string of the molecule is CCOC=O.C[C@@H]1Cc2ccc(OCc3cc(B4OC(C)(C)C(C)(C)O4)ccc3F)cc2C1. The van der Waals surface area contributed by atoms with Crippen LogP contribution in [0.5, 0.6) is 5.75 Å².